The molecule has 0 fully saturated rings. The zero-order valence-electron chi connectivity index (χ0n) is 11.2. The minimum Gasteiger partial charge on any atom is -0.383 e. The van der Waals surface area contributed by atoms with Gasteiger partial charge in [0.25, 0.3) is 0 Å². The number of methoxy groups -OCH3 is 1. The van der Waals surface area contributed by atoms with Gasteiger partial charge in [-0.25, -0.2) is 0 Å². The molecular weight excluding hydrogens is 248 g/mol. The molecule has 1 atom stereocenters. The van der Waals surface area contributed by atoms with E-state index in [0.717, 1.165) is 37.6 Å². The van der Waals surface area contributed by atoms with Gasteiger partial charge in [0.1, 0.15) is 0 Å². The van der Waals surface area contributed by atoms with Gasteiger partial charge in [0.2, 0.25) is 0 Å². The van der Waals surface area contributed by atoms with E-state index in [1.807, 2.05) is 18.2 Å². The highest BCUT2D eigenvalue weighted by molar-refractivity contribution is 6.30. The second-order valence-corrected chi connectivity index (χ2v) is 5.02. The number of hydrogen-bond donors (Lipinski definition) is 1. The Hall–Kier alpha value is -0.610. The largest absolute Gasteiger partial charge is 0.383 e. The fourth-order valence-electron chi connectivity index (χ4n) is 2.03. The summed E-state index contributed by atoms with van der Waals surface area (Å²) in [6.07, 6.45) is 2.08. The minimum absolute atomic E-state index is 0.400. The van der Waals surface area contributed by atoms with Crippen molar-refractivity contribution in [3.05, 3.63) is 34.9 Å². The molecule has 3 nitrogen and oxygen atoms in total. The van der Waals surface area contributed by atoms with Crippen LogP contribution in [-0.4, -0.2) is 38.3 Å². The summed E-state index contributed by atoms with van der Waals surface area (Å²) in [5.41, 5.74) is 6.79. The van der Waals surface area contributed by atoms with E-state index in [4.69, 9.17) is 22.1 Å². The standard InChI is InChI=1S/C14H23ClN2O/c1-17(14(11-18-2)7-4-8-16)10-12-5-3-6-13(15)9-12/h3,5-6,9,14H,4,7-8,10-11,16H2,1-2H3. The lowest BCUT2D eigenvalue weighted by Gasteiger charge is -2.27. The van der Waals surface area contributed by atoms with E-state index in [0.29, 0.717) is 6.04 Å². The molecule has 0 aromatic heterocycles. The smallest absolute Gasteiger partial charge is 0.0618 e. The van der Waals surface area contributed by atoms with Crippen molar-refractivity contribution in [1.82, 2.24) is 4.90 Å². The molecule has 0 saturated carbocycles. The maximum absolute atomic E-state index is 5.99. The molecule has 0 bridgehead atoms. The average molecular weight is 271 g/mol. The number of rotatable bonds is 8. The summed E-state index contributed by atoms with van der Waals surface area (Å²) in [5.74, 6) is 0. The summed E-state index contributed by atoms with van der Waals surface area (Å²) in [5, 5.41) is 0.783. The topological polar surface area (TPSA) is 38.5 Å². The second-order valence-electron chi connectivity index (χ2n) is 4.59. The molecule has 2 N–H and O–H groups in total. The quantitative estimate of drug-likeness (QED) is 0.789. The summed E-state index contributed by atoms with van der Waals surface area (Å²) in [4.78, 5) is 2.30. The van der Waals surface area contributed by atoms with Crippen LogP contribution in [0.15, 0.2) is 24.3 Å². The highest BCUT2D eigenvalue weighted by Crippen LogP contribution is 2.14. The van der Waals surface area contributed by atoms with Gasteiger partial charge in [-0.05, 0) is 44.1 Å². The maximum Gasteiger partial charge on any atom is 0.0618 e. The van der Waals surface area contributed by atoms with Crippen molar-refractivity contribution in [2.45, 2.75) is 25.4 Å². The SMILES string of the molecule is COCC(CCCN)N(C)Cc1cccc(Cl)c1. The average Bonchev–Trinajstić information content (AvgIpc) is 2.34. The molecule has 0 aliphatic rings. The molecule has 102 valence electrons. The zero-order chi connectivity index (χ0) is 13.4. The van der Waals surface area contributed by atoms with E-state index in [2.05, 4.69) is 18.0 Å². The summed E-state index contributed by atoms with van der Waals surface area (Å²) >= 11 is 5.99. The van der Waals surface area contributed by atoms with Crippen LogP contribution >= 0.6 is 11.6 Å². The van der Waals surface area contributed by atoms with Gasteiger partial charge in [-0.2, -0.15) is 0 Å². The summed E-state index contributed by atoms with van der Waals surface area (Å²) < 4.78 is 5.28. The molecule has 18 heavy (non-hydrogen) atoms. The molecule has 0 saturated heterocycles. The lowest BCUT2D eigenvalue weighted by molar-refractivity contribution is 0.0962. The molecule has 1 aromatic carbocycles. The third-order valence-corrected chi connectivity index (χ3v) is 3.28. The molecule has 1 aromatic rings. The van der Waals surface area contributed by atoms with E-state index in [9.17, 15) is 0 Å². The summed E-state index contributed by atoms with van der Waals surface area (Å²) in [7, 11) is 3.85. The van der Waals surface area contributed by atoms with Crippen molar-refractivity contribution in [3.8, 4) is 0 Å². The first-order chi connectivity index (χ1) is 8.67. The number of nitrogens with two attached hydrogens (primary N) is 1. The van der Waals surface area contributed by atoms with Crippen molar-refractivity contribution < 1.29 is 4.74 Å². The Morgan fingerprint density at radius 1 is 1.44 bits per heavy atom. The van der Waals surface area contributed by atoms with E-state index in [1.165, 1.54) is 5.56 Å². The van der Waals surface area contributed by atoms with Crippen LogP contribution in [0.5, 0.6) is 0 Å². The molecule has 0 heterocycles. The van der Waals surface area contributed by atoms with Crippen LogP contribution in [0, 0.1) is 0 Å². The molecule has 0 amide bonds. The Bertz CT molecular complexity index is 346. The lowest BCUT2D eigenvalue weighted by atomic mass is 10.1. The predicted octanol–water partition coefficient (Wildman–Crippen LogP) is 2.53. The van der Waals surface area contributed by atoms with Gasteiger partial charge in [-0.1, -0.05) is 23.7 Å². The van der Waals surface area contributed by atoms with Crippen molar-refractivity contribution in [2.24, 2.45) is 5.73 Å². The lowest BCUT2D eigenvalue weighted by Crippen LogP contribution is -2.35. The van der Waals surface area contributed by atoms with Gasteiger partial charge in [-0.15, -0.1) is 0 Å². The van der Waals surface area contributed by atoms with Crippen molar-refractivity contribution >= 4 is 11.6 Å². The van der Waals surface area contributed by atoms with E-state index >= 15 is 0 Å². The molecule has 0 aliphatic heterocycles. The third kappa shape index (κ3) is 5.36. The molecule has 0 radical (unpaired) electrons. The maximum atomic E-state index is 5.99. The molecule has 4 heteroatoms. The van der Waals surface area contributed by atoms with Crippen molar-refractivity contribution in [1.29, 1.82) is 0 Å². The van der Waals surface area contributed by atoms with E-state index < -0.39 is 0 Å². The number of hydrogen-bond acceptors (Lipinski definition) is 3. The molecule has 1 rings (SSSR count). The normalized spacial score (nSPS) is 12.9. The molecular formula is C14H23ClN2O. The number of nitrogens with zero attached hydrogens (tertiary/aromatic N) is 1. The van der Waals surface area contributed by atoms with Gasteiger partial charge in [0.05, 0.1) is 6.61 Å². The fraction of sp³-hybridized carbons (Fsp3) is 0.571. The first-order valence-corrected chi connectivity index (χ1v) is 6.69. The van der Waals surface area contributed by atoms with Gasteiger partial charge >= 0.3 is 0 Å². The van der Waals surface area contributed by atoms with E-state index in [-0.39, 0.29) is 0 Å². The molecule has 0 spiro atoms. The van der Waals surface area contributed by atoms with Crippen molar-refractivity contribution in [2.75, 3.05) is 27.3 Å². The van der Waals surface area contributed by atoms with Crippen LogP contribution in [0.4, 0.5) is 0 Å². The van der Waals surface area contributed by atoms with Crippen LogP contribution in [0.3, 0.4) is 0 Å². The van der Waals surface area contributed by atoms with Crippen LogP contribution in [-0.2, 0) is 11.3 Å². The number of ether oxygens (including phenoxy) is 1. The Morgan fingerprint density at radius 3 is 2.83 bits per heavy atom. The Morgan fingerprint density at radius 2 is 2.22 bits per heavy atom. The van der Waals surface area contributed by atoms with Crippen LogP contribution < -0.4 is 5.73 Å². The summed E-state index contributed by atoms with van der Waals surface area (Å²) in [6, 6.07) is 8.38. The van der Waals surface area contributed by atoms with Crippen molar-refractivity contribution in [3.63, 3.8) is 0 Å². The summed E-state index contributed by atoms with van der Waals surface area (Å²) in [6.45, 7) is 2.33. The zero-order valence-corrected chi connectivity index (χ0v) is 12.0. The van der Waals surface area contributed by atoms with Gasteiger partial charge in [0, 0.05) is 24.7 Å². The predicted molar refractivity (Wildman–Crippen MR) is 76.9 cm³/mol. The van der Waals surface area contributed by atoms with Gasteiger partial charge in [0.15, 0.2) is 0 Å². The first-order valence-electron chi connectivity index (χ1n) is 6.31. The number of halogens is 1. The van der Waals surface area contributed by atoms with Crippen LogP contribution in [0.1, 0.15) is 18.4 Å². The Labute approximate surface area is 115 Å². The Balaban J connectivity index is 2.56. The minimum atomic E-state index is 0.400. The fourth-order valence-corrected chi connectivity index (χ4v) is 2.24. The van der Waals surface area contributed by atoms with Gasteiger partial charge in [-0.3, -0.25) is 4.90 Å². The number of benzene rings is 1. The first kappa shape index (κ1) is 15.4. The monoisotopic (exact) mass is 270 g/mol. The highest BCUT2D eigenvalue weighted by atomic mass is 35.5. The van der Waals surface area contributed by atoms with Gasteiger partial charge < -0.3 is 10.5 Å². The second kappa shape index (κ2) is 8.48. The van der Waals surface area contributed by atoms with E-state index in [1.54, 1.807) is 7.11 Å². The third-order valence-electron chi connectivity index (χ3n) is 3.04. The molecule has 1 unspecified atom stereocenters. The van der Waals surface area contributed by atoms with Crippen LogP contribution in [0.2, 0.25) is 5.02 Å². The molecule has 0 aliphatic carbocycles. The Kier molecular flexibility index (Phi) is 7.28. The van der Waals surface area contributed by atoms with Crippen LogP contribution in [0.25, 0.3) is 0 Å². The number of likely N-dealkylation sites (N-methyl/N-ethyl adjacent to an activating group) is 1. The highest BCUT2D eigenvalue weighted by Gasteiger charge is 2.14.